The molecule has 3 aromatic rings. The summed E-state index contributed by atoms with van der Waals surface area (Å²) in [4.78, 5) is 11.9. The topological polar surface area (TPSA) is 67.1 Å². The molecule has 0 aliphatic carbocycles. The Labute approximate surface area is 188 Å². The lowest BCUT2D eigenvalue weighted by Gasteiger charge is -2.32. The molecule has 0 radical (unpaired) electrons. The number of hydrogen-bond acceptors (Lipinski definition) is 6. The molecule has 6 nitrogen and oxygen atoms in total. The molecular formula is C25H29BO6. The molecular weight excluding hydrogens is 407 g/mol. The highest BCUT2D eigenvalue weighted by atomic mass is 16.7. The molecule has 0 N–H and O–H groups in total. The highest BCUT2D eigenvalue weighted by Crippen LogP contribution is 2.37. The highest BCUT2D eigenvalue weighted by Gasteiger charge is 2.52. The minimum Gasteiger partial charge on any atom is -0.489 e. The zero-order valence-corrected chi connectivity index (χ0v) is 19.3. The summed E-state index contributed by atoms with van der Waals surface area (Å²) in [5.74, 6) is 0.376. The molecule has 0 unspecified atom stereocenters. The first-order valence-corrected chi connectivity index (χ1v) is 10.9. The van der Waals surface area contributed by atoms with Crippen LogP contribution < -0.4 is 10.2 Å². The van der Waals surface area contributed by atoms with Crippen molar-refractivity contribution in [3.8, 4) is 5.75 Å². The third-order valence-corrected chi connectivity index (χ3v) is 6.18. The number of esters is 1. The Morgan fingerprint density at radius 3 is 2.47 bits per heavy atom. The summed E-state index contributed by atoms with van der Waals surface area (Å²) < 4.78 is 29.4. The smallest absolute Gasteiger partial charge is 0.489 e. The largest absolute Gasteiger partial charge is 0.495 e. The predicted molar refractivity (Wildman–Crippen MR) is 123 cm³/mol. The van der Waals surface area contributed by atoms with Crippen molar-refractivity contribution in [3.63, 3.8) is 0 Å². The second kappa shape index (κ2) is 8.64. The molecule has 32 heavy (non-hydrogen) atoms. The van der Waals surface area contributed by atoms with Crippen molar-refractivity contribution < 1.29 is 28.0 Å². The van der Waals surface area contributed by atoms with Gasteiger partial charge in [0.05, 0.1) is 30.5 Å². The molecule has 7 heteroatoms. The van der Waals surface area contributed by atoms with Crippen molar-refractivity contribution in [2.75, 3.05) is 6.61 Å². The van der Waals surface area contributed by atoms with Gasteiger partial charge in [-0.25, -0.2) is 0 Å². The third kappa shape index (κ3) is 4.40. The van der Waals surface area contributed by atoms with E-state index in [1.54, 1.807) is 13.2 Å². The lowest BCUT2D eigenvalue weighted by molar-refractivity contribution is -0.142. The second-order valence-corrected chi connectivity index (χ2v) is 8.98. The van der Waals surface area contributed by atoms with E-state index in [1.165, 1.54) is 0 Å². The maximum Gasteiger partial charge on any atom is 0.495 e. The first-order chi connectivity index (χ1) is 15.2. The van der Waals surface area contributed by atoms with Gasteiger partial charge in [-0.2, -0.15) is 0 Å². The molecule has 0 bridgehead atoms. The molecule has 0 amide bonds. The van der Waals surface area contributed by atoms with E-state index < -0.39 is 18.3 Å². The lowest BCUT2D eigenvalue weighted by Crippen LogP contribution is -2.41. The van der Waals surface area contributed by atoms with Crippen LogP contribution in [0.1, 0.15) is 45.7 Å². The summed E-state index contributed by atoms with van der Waals surface area (Å²) in [6.07, 6.45) is 1.83. The number of para-hydroxylation sites is 1. The Kier molecular flexibility index (Phi) is 6.06. The number of hydrogen-bond donors (Lipinski definition) is 0. The highest BCUT2D eigenvalue weighted by molar-refractivity contribution is 6.65. The molecule has 0 saturated carbocycles. The molecule has 4 rings (SSSR count). The molecule has 2 aromatic carbocycles. The molecule has 1 aliphatic rings. The molecule has 1 aliphatic heterocycles. The fourth-order valence-corrected chi connectivity index (χ4v) is 3.73. The summed E-state index contributed by atoms with van der Waals surface area (Å²) in [5, 5.41) is 0.954. The van der Waals surface area contributed by atoms with E-state index in [9.17, 15) is 4.79 Å². The minimum atomic E-state index is -0.504. The number of carbonyl (C=O) groups excluding carboxylic acids is 1. The summed E-state index contributed by atoms with van der Waals surface area (Å²) in [6.45, 7) is 10.6. The van der Waals surface area contributed by atoms with Gasteiger partial charge in [0.1, 0.15) is 17.9 Å². The maximum absolute atomic E-state index is 11.9. The van der Waals surface area contributed by atoms with Crippen LogP contribution in [0.3, 0.4) is 0 Å². The average Bonchev–Trinajstić information content (AvgIpc) is 3.28. The van der Waals surface area contributed by atoms with Crippen LogP contribution in [0.4, 0.5) is 0 Å². The summed E-state index contributed by atoms with van der Waals surface area (Å²) in [5.41, 5.74) is 2.49. The van der Waals surface area contributed by atoms with Crippen LogP contribution in [0.15, 0.2) is 53.1 Å². The van der Waals surface area contributed by atoms with Crippen LogP contribution >= 0.6 is 0 Å². The Morgan fingerprint density at radius 2 is 1.75 bits per heavy atom. The number of ether oxygens (including phenoxy) is 2. The molecule has 1 saturated heterocycles. The summed E-state index contributed by atoms with van der Waals surface area (Å²) in [7, 11) is -0.504. The lowest BCUT2D eigenvalue weighted by atomic mass is 9.76. The van der Waals surface area contributed by atoms with Crippen molar-refractivity contribution in [1.29, 1.82) is 0 Å². The van der Waals surface area contributed by atoms with Gasteiger partial charge in [0, 0.05) is 10.9 Å². The Hall–Kier alpha value is -2.77. The first kappa shape index (κ1) is 22.4. The van der Waals surface area contributed by atoms with E-state index >= 15 is 0 Å². The van der Waals surface area contributed by atoms with Gasteiger partial charge in [0.15, 0.2) is 0 Å². The first-order valence-electron chi connectivity index (χ1n) is 10.9. The minimum absolute atomic E-state index is 0.167. The molecule has 1 fully saturated rings. The van der Waals surface area contributed by atoms with Crippen LogP contribution in [0.25, 0.3) is 11.0 Å². The molecule has 168 valence electrons. The number of rotatable bonds is 7. The summed E-state index contributed by atoms with van der Waals surface area (Å²) in [6, 6.07) is 13.4. The van der Waals surface area contributed by atoms with Crippen LogP contribution in [0.5, 0.6) is 5.75 Å². The van der Waals surface area contributed by atoms with Crippen molar-refractivity contribution in [2.24, 2.45) is 0 Å². The SMILES string of the molecule is CCOC(=O)Cc1ccccc1OCc1cc(B2OC(C)(C)C(C)(C)O2)c2ccoc2c1. The van der Waals surface area contributed by atoms with E-state index in [-0.39, 0.29) is 12.4 Å². The van der Waals surface area contributed by atoms with E-state index in [1.807, 2.05) is 70.2 Å². The molecule has 0 atom stereocenters. The average molecular weight is 436 g/mol. The van der Waals surface area contributed by atoms with Crippen LogP contribution in [-0.4, -0.2) is 30.9 Å². The predicted octanol–water partition coefficient (Wildman–Crippen LogP) is 4.42. The van der Waals surface area contributed by atoms with Crippen LogP contribution in [-0.2, 0) is 31.9 Å². The van der Waals surface area contributed by atoms with Crippen molar-refractivity contribution in [1.82, 2.24) is 0 Å². The number of furan rings is 1. The fourth-order valence-electron chi connectivity index (χ4n) is 3.73. The van der Waals surface area contributed by atoms with E-state index in [0.717, 1.165) is 27.6 Å². The zero-order chi connectivity index (χ0) is 22.9. The number of benzene rings is 2. The van der Waals surface area contributed by atoms with E-state index in [2.05, 4.69) is 0 Å². The van der Waals surface area contributed by atoms with Crippen LogP contribution in [0.2, 0.25) is 0 Å². The van der Waals surface area contributed by atoms with Gasteiger partial charge in [-0.3, -0.25) is 4.79 Å². The number of carbonyl (C=O) groups is 1. The van der Waals surface area contributed by atoms with Crippen LogP contribution in [0, 0.1) is 0 Å². The maximum atomic E-state index is 11.9. The van der Waals surface area contributed by atoms with Gasteiger partial charge < -0.3 is 23.2 Å². The van der Waals surface area contributed by atoms with Gasteiger partial charge in [-0.15, -0.1) is 0 Å². The standard InChI is InChI=1S/C25H29BO6/c1-6-28-23(27)15-18-9-7-8-10-21(18)30-16-17-13-20(19-11-12-29-22(19)14-17)26-31-24(2,3)25(4,5)32-26/h7-14H,6,15-16H2,1-5H3. The summed E-state index contributed by atoms with van der Waals surface area (Å²) >= 11 is 0. The van der Waals surface area contributed by atoms with Gasteiger partial charge in [-0.05, 0) is 63.8 Å². The molecule has 0 spiro atoms. The van der Waals surface area contributed by atoms with E-state index in [4.69, 9.17) is 23.2 Å². The Balaban J connectivity index is 1.58. The Bertz CT molecular complexity index is 1100. The zero-order valence-electron chi connectivity index (χ0n) is 19.3. The van der Waals surface area contributed by atoms with Gasteiger partial charge in [0.25, 0.3) is 0 Å². The van der Waals surface area contributed by atoms with Gasteiger partial charge in [-0.1, -0.05) is 24.3 Å². The van der Waals surface area contributed by atoms with Crippen molar-refractivity contribution in [3.05, 3.63) is 59.9 Å². The van der Waals surface area contributed by atoms with Crippen molar-refractivity contribution >= 4 is 29.5 Å². The Morgan fingerprint density at radius 1 is 1.03 bits per heavy atom. The van der Waals surface area contributed by atoms with Gasteiger partial charge in [0.2, 0.25) is 0 Å². The second-order valence-electron chi connectivity index (χ2n) is 8.98. The third-order valence-electron chi connectivity index (χ3n) is 6.18. The van der Waals surface area contributed by atoms with E-state index in [0.29, 0.717) is 19.0 Å². The monoisotopic (exact) mass is 436 g/mol. The quantitative estimate of drug-likeness (QED) is 0.404. The van der Waals surface area contributed by atoms with Crippen molar-refractivity contribution in [2.45, 2.75) is 58.8 Å². The molecule has 2 heterocycles. The normalized spacial score (nSPS) is 17.0. The molecule has 1 aromatic heterocycles. The number of fused-ring (bicyclic) bond motifs is 1. The van der Waals surface area contributed by atoms with Gasteiger partial charge >= 0.3 is 13.1 Å². The fraction of sp³-hybridized carbons (Fsp3) is 0.400.